The van der Waals surface area contributed by atoms with Gasteiger partial charge in [0.1, 0.15) is 11.4 Å². The Balaban J connectivity index is 1.52. The van der Waals surface area contributed by atoms with E-state index < -0.39 is 21.3 Å². The molecule has 4 amide bonds. The van der Waals surface area contributed by atoms with Crippen LogP contribution >= 0.6 is 23.4 Å². The second-order valence-corrected chi connectivity index (χ2v) is 11.5. The third-order valence-corrected chi connectivity index (χ3v) is 8.16. The highest BCUT2D eigenvalue weighted by Gasteiger charge is 2.37. The van der Waals surface area contributed by atoms with Crippen molar-refractivity contribution in [2.24, 2.45) is 0 Å². The zero-order valence-corrected chi connectivity index (χ0v) is 23.7. The maximum atomic E-state index is 12.9. The van der Waals surface area contributed by atoms with Gasteiger partial charge in [0.05, 0.1) is 30.3 Å². The summed E-state index contributed by atoms with van der Waals surface area (Å²) in [5, 5.41) is 1.81. The van der Waals surface area contributed by atoms with Gasteiger partial charge in [0.15, 0.2) is 5.75 Å². The fraction of sp³-hybridized carbons (Fsp3) is 0.280. The molecule has 0 aliphatic carbocycles. The summed E-state index contributed by atoms with van der Waals surface area (Å²) in [6.07, 6.45) is 1.39. The van der Waals surface area contributed by atoms with E-state index in [1.165, 1.54) is 61.4 Å². The molecule has 0 atom stereocenters. The number of rotatable bonds is 8. The van der Waals surface area contributed by atoms with Gasteiger partial charge in [-0.1, -0.05) is 11.6 Å². The van der Waals surface area contributed by atoms with Crippen LogP contribution in [-0.2, 0) is 29.2 Å². The summed E-state index contributed by atoms with van der Waals surface area (Å²) in [7, 11) is -3.06. The molecule has 2 aromatic rings. The van der Waals surface area contributed by atoms with Crippen molar-refractivity contribution in [2.75, 3.05) is 45.3 Å². The summed E-state index contributed by atoms with van der Waals surface area (Å²) in [6, 6.07) is 8.07. The molecule has 0 bridgehead atoms. The van der Waals surface area contributed by atoms with Crippen molar-refractivity contribution in [3.63, 3.8) is 0 Å². The van der Waals surface area contributed by atoms with Crippen LogP contribution in [0.15, 0.2) is 46.2 Å². The van der Waals surface area contributed by atoms with E-state index in [2.05, 4.69) is 5.32 Å². The number of methoxy groups -OCH3 is 1. The second kappa shape index (κ2) is 12.3. The molecule has 2 aliphatic rings. The highest BCUT2D eigenvalue weighted by atomic mass is 35.5. The first-order valence-electron chi connectivity index (χ1n) is 11.8. The first-order chi connectivity index (χ1) is 19.0. The van der Waals surface area contributed by atoms with Gasteiger partial charge in [0.2, 0.25) is 17.6 Å². The molecule has 2 aromatic carbocycles. The molecule has 2 saturated heterocycles. The van der Waals surface area contributed by atoms with Gasteiger partial charge >= 0.3 is 10.1 Å². The fourth-order valence-electron chi connectivity index (χ4n) is 3.81. The lowest BCUT2D eigenvalue weighted by Crippen LogP contribution is -2.46. The number of nitrogens with one attached hydrogen (secondary N) is 1. The van der Waals surface area contributed by atoms with Gasteiger partial charge in [-0.3, -0.25) is 24.1 Å². The number of morpholine rings is 1. The highest BCUT2D eigenvalue weighted by molar-refractivity contribution is 8.18. The maximum absolute atomic E-state index is 12.9. The Morgan fingerprint density at radius 2 is 1.82 bits per heavy atom. The first-order valence-corrected chi connectivity index (χ1v) is 14.4. The van der Waals surface area contributed by atoms with E-state index in [9.17, 15) is 27.6 Å². The zero-order chi connectivity index (χ0) is 29.0. The quantitative estimate of drug-likeness (QED) is 0.350. The Kier molecular flexibility index (Phi) is 9.03. The highest BCUT2D eigenvalue weighted by Crippen LogP contribution is 2.40. The number of hydrogen-bond acceptors (Lipinski definition) is 10. The molecule has 40 heavy (non-hydrogen) atoms. The standard InChI is InChI=1S/C25H24ClN3O9S2/c1-15(30)27-17-3-5-18(6-4-17)40(34,35)38-23-19(26)11-16(12-20(23)36-2)13-21-24(32)29(25(33)39-21)14-22(31)28-7-9-37-10-8-28/h3-6,11-13H,7-10,14H2,1-2H3,(H,27,30)/b21-13-. The minimum atomic E-state index is -4.34. The average Bonchev–Trinajstić information content (AvgIpc) is 3.17. The third kappa shape index (κ3) is 6.75. The van der Waals surface area contributed by atoms with Crippen molar-refractivity contribution in [1.29, 1.82) is 0 Å². The Bertz CT molecular complexity index is 1490. The molecule has 2 aliphatic heterocycles. The van der Waals surface area contributed by atoms with Gasteiger partial charge < -0.3 is 23.9 Å². The van der Waals surface area contributed by atoms with Crippen LogP contribution in [0.25, 0.3) is 6.08 Å². The number of halogens is 1. The molecule has 0 radical (unpaired) electrons. The lowest BCUT2D eigenvalue weighted by molar-refractivity contribution is -0.139. The number of carbonyl (C=O) groups excluding carboxylic acids is 4. The number of anilines is 1. The van der Waals surface area contributed by atoms with Crippen LogP contribution in [0, 0.1) is 0 Å². The summed E-state index contributed by atoms with van der Waals surface area (Å²) in [6.45, 7) is 2.49. The minimum absolute atomic E-state index is 0.0427. The van der Waals surface area contributed by atoms with Crippen LogP contribution in [0.1, 0.15) is 12.5 Å². The second-order valence-electron chi connectivity index (χ2n) is 8.54. The van der Waals surface area contributed by atoms with Crippen molar-refractivity contribution in [3.05, 3.63) is 51.9 Å². The van der Waals surface area contributed by atoms with Crippen LogP contribution < -0.4 is 14.2 Å². The van der Waals surface area contributed by atoms with E-state index in [0.29, 0.717) is 49.3 Å². The zero-order valence-electron chi connectivity index (χ0n) is 21.3. The van der Waals surface area contributed by atoms with Crippen molar-refractivity contribution in [3.8, 4) is 11.5 Å². The molecule has 1 N–H and O–H groups in total. The molecule has 212 valence electrons. The summed E-state index contributed by atoms with van der Waals surface area (Å²) in [5.74, 6) is -1.63. The predicted octanol–water partition coefficient (Wildman–Crippen LogP) is 2.97. The molecular formula is C25H24ClN3O9S2. The third-order valence-electron chi connectivity index (χ3n) is 5.74. The molecule has 0 unspecified atom stereocenters. The molecule has 12 nitrogen and oxygen atoms in total. The topological polar surface area (TPSA) is 149 Å². The number of thioether (sulfide) groups is 1. The molecule has 0 spiro atoms. The van der Waals surface area contributed by atoms with Crippen molar-refractivity contribution < 1.29 is 41.3 Å². The van der Waals surface area contributed by atoms with Crippen molar-refractivity contribution in [1.82, 2.24) is 9.80 Å². The lowest BCUT2D eigenvalue weighted by Gasteiger charge is -2.28. The van der Waals surface area contributed by atoms with Gasteiger partial charge in [0.25, 0.3) is 11.1 Å². The van der Waals surface area contributed by atoms with Crippen LogP contribution in [0.2, 0.25) is 5.02 Å². The molecule has 4 rings (SSSR count). The fourth-order valence-corrected chi connectivity index (χ4v) is 5.90. The smallest absolute Gasteiger partial charge is 0.339 e. The van der Waals surface area contributed by atoms with Crippen LogP contribution in [0.4, 0.5) is 10.5 Å². The monoisotopic (exact) mass is 609 g/mol. The van der Waals surface area contributed by atoms with Gasteiger partial charge in [-0.05, 0) is 59.8 Å². The Hall–Kier alpha value is -3.59. The number of imide groups is 1. The number of benzene rings is 2. The summed E-state index contributed by atoms with van der Waals surface area (Å²) < 4.78 is 41.5. The Labute approximate surface area is 239 Å². The number of hydrogen-bond donors (Lipinski definition) is 1. The summed E-state index contributed by atoms with van der Waals surface area (Å²) >= 11 is 7.01. The Morgan fingerprint density at radius 3 is 2.45 bits per heavy atom. The molecule has 2 fully saturated rings. The number of amides is 4. The number of nitrogens with zero attached hydrogens (tertiary/aromatic N) is 2. The van der Waals surface area contributed by atoms with Gasteiger partial charge in [-0.2, -0.15) is 8.42 Å². The van der Waals surface area contributed by atoms with E-state index in [0.717, 1.165) is 4.90 Å². The molecule has 15 heteroatoms. The van der Waals surface area contributed by atoms with E-state index in [1.807, 2.05) is 0 Å². The maximum Gasteiger partial charge on any atom is 0.339 e. The van der Waals surface area contributed by atoms with Gasteiger partial charge in [0, 0.05) is 25.7 Å². The largest absolute Gasteiger partial charge is 0.493 e. The number of ether oxygens (including phenoxy) is 2. The Morgan fingerprint density at radius 1 is 1.15 bits per heavy atom. The van der Waals surface area contributed by atoms with E-state index >= 15 is 0 Å². The summed E-state index contributed by atoms with van der Waals surface area (Å²) in [5.41, 5.74) is 0.734. The van der Waals surface area contributed by atoms with Crippen molar-refractivity contribution in [2.45, 2.75) is 11.8 Å². The van der Waals surface area contributed by atoms with E-state index in [-0.39, 0.29) is 44.7 Å². The van der Waals surface area contributed by atoms with E-state index in [1.54, 1.807) is 0 Å². The van der Waals surface area contributed by atoms with Gasteiger partial charge in [-0.25, -0.2) is 0 Å². The van der Waals surface area contributed by atoms with E-state index in [4.69, 9.17) is 25.3 Å². The predicted molar refractivity (Wildman–Crippen MR) is 147 cm³/mol. The van der Waals surface area contributed by atoms with Crippen molar-refractivity contribution >= 4 is 68.2 Å². The summed E-state index contributed by atoms with van der Waals surface area (Å²) in [4.78, 5) is 51.4. The van der Waals surface area contributed by atoms with Gasteiger partial charge in [-0.15, -0.1) is 0 Å². The minimum Gasteiger partial charge on any atom is -0.493 e. The molecular weight excluding hydrogens is 586 g/mol. The number of carbonyl (C=O) groups is 4. The lowest BCUT2D eigenvalue weighted by atomic mass is 10.2. The van der Waals surface area contributed by atoms with Crippen LogP contribution in [0.5, 0.6) is 11.5 Å². The normalized spacial score (nSPS) is 16.8. The van der Waals surface area contributed by atoms with Crippen LogP contribution in [0.3, 0.4) is 0 Å². The average molecular weight is 610 g/mol. The SMILES string of the molecule is COc1cc(/C=C2\SC(=O)N(CC(=O)N3CCOCC3)C2=O)cc(Cl)c1OS(=O)(=O)c1ccc(NC(C)=O)cc1. The molecule has 0 saturated carbocycles. The molecule has 2 heterocycles. The first kappa shape index (κ1) is 29.4. The molecule has 0 aromatic heterocycles. The van der Waals surface area contributed by atoms with Crippen LogP contribution in [-0.4, -0.2) is 81.1 Å².